The minimum atomic E-state index is -0.241. The van der Waals surface area contributed by atoms with Crippen LogP contribution >= 0.6 is 24.6 Å². The minimum Gasteiger partial charge on any atom is -0.392 e. The highest BCUT2D eigenvalue weighted by molar-refractivity contribution is 7.80. The fourth-order valence-corrected chi connectivity index (χ4v) is 0.585. The molecule has 2 nitrogen and oxygen atoms in total. The smallest absolute Gasteiger partial charge is 0.0929 e. The molecule has 0 unspecified atom stereocenters. The van der Waals surface area contributed by atoms with Gasteiger partial charge in [-0.1, -0.05) is 12.2 Å². The molecule has 1 rings (SSSR count). The van der Waals surface area contributed by atoms with Gasteiger partial charge in [-0.3, -0.25) is 0 Å². The van der Waals surface area contributed by atoms with E-state index in [1.54, 1.807) is 0 Å². The van der Waals surface area contributed by atoms with Crippen LogP contribution in [0.4, 0.5) is 0 Å². The summed E-state index contributed by atoms with van der Waals surface area (Å²) in [6.45, 7) is 0. The number of thiocarbonyl (C=S) groups is 1. The van der Waals surface area contributed by atoms with Gasteiger partial charge in [-0.25, -0.2) is 0 Å². The van der Waals surface area contributed by atoms with Crippen molar-refractivity contribution < 1.29 is 0 Å². The van der Waals surface area contributed by atoms with Gasteiger partial charge in [0.2, 0.25) is 0 Å². The lowest BCUT2D eigenvalue weighted by atomic mass is 10.3. The molecule has 0 aliphatic heterocycles. The Kier molecular flexibility index (Phi) is 2.21. The third kappa shape index (κ3) is 1.31. The lowest BCUT2D eigenvalue weighted by molar-refractivity contribution is 0.914. The predicted molar refractivity (Wildman–Crippen MR) is 40.2 cm³/mol. The molecule has 0 aromatic carbocycles. The molecule has 1 aliphatic rings. The van der Waals surface area contributed by atoms with Gasteiger partial charge in [0.25, 0.3) is 0 Å². The molecule has 8 heavy (non-hydrogen) atoms. The summed E-state index contributed by atoms with van der Waals surface area (Å²) in [5.41, 5.74) is 10.5. The monoisotopic (exact) mass is 152 g/mol. The number of hydrogen-bond donors (Lipinski definition) is 2. The fourth-order valence-electron chi connectivity index (χ4n) is 0.381. The van der Waals surface area contributed by atoms with E-state index in [9.17, 15) is 0 Å². The van der Waals surface area contributed by atoms with Crippen molar-refractivity contribution in [2.75, 3.05) is 0 Å². The predicted octanol–water partition coefficient (Wildman–Crippen LogP) is 0.186. The van der Waals surface area contributed by atoms with E-state index in [4.69, 9.17) is 11.5 Å². The molecule has 0 radical (unpaired) electrons. The maximum atomic E-state index is 5.52. The molecule has 0 amide bonds. The Hall–Kier alpha value is 0.140. The van der Waals surface area contributed by atoms with E-state index in [0.717, 1.165) is 12.8 Å². The zero-order chi connectivity index (χ0) is 5.49. The van der Waals surface area contributed by atoms with Crippen LogP contribution in [0.3, 0.4) is 0 Å². The van der Waals surface area contributed by atoms with Crippen molar-refractivity contribution in [2.45, 2.75) is 18.4 Å². The molecule has 0 aromatic heterocycles. The minimum absolute atomic E-state index is 0. The topological polar surface area (TPSA) is 52.0 Å². The van der Waals surface area contributed by atoms with Crippen molar-refractivity contribution in [1.82, 2.24) is 0 Å². The SMILES string of the molecule is Cl.NC(=S)C1(N)CC1. The van der Waals surface area contributed by atoms with Gasteiger partial charge >= 0.3 is 0 Å². The van der Waals surface area contributed by atoms with Crippen LogP contribution in [0.5, 0.6) is 0 Å². The Morgan fingerprint density at radius 2 is 1.88 bits per heavy atom. The zero-order valence-corrected chi connectivity index (χ0v) is 6.02. The second kappa shape index (κ2) is 2.17. The zero-order valence-electron chi connectivity index (χ0n) is 4.39. The molecule has 0 bridgehead atoms. The van der Waals surface area contributed by atoms with E-state index in [-0.39, 0.29) is 17.9 Å². The molecule has 4 N–H and O–H groups in total. The van der Waals surface area contributed by atoms with Crippen molar-refractivity contribution >= 4 is 29.6 Å². The Balaban J connectivity index is 0.000000490. The van der Waals surface area contributed by atoms with Crippen LogP contribution in [0.15, 0.2) is 0 Å². The fraction of sp³-hybridized carbons (Fsp3) is 0.750. The highest BCUT2D eigenvalue weighted by Gasteiger charge is 2.41. The van der Waals surface area contributed by atoms with Crippen molar-refractivity contribution in [2.24, 2.45) is 11.5 Å². The summed E-state index contributed by atoms with van der Waals surface area (Å²) in [5, 5.41) is 0. The van der Waals surface area contributed by atoms with Crippen molar-refractivity contribution in [3.05, 3.63) is 0 Å². The van der Waals surface area contributed by atoms with Gasteiger partial charge in [-0.05, 0) is 12.8 Å². The Morgan fingerprint density at radius 1 is 1.50 bits per heavy atom. The maximum absolute atomic E-state index is 5.52. The summed E-state index contributed by atoms with van der Waals surface area (Å²) in [6, 6.07) is 0. The van der Waals surface area contributed by atoms with E-state index in [0.29, 0.717) is 4.99 Å². The number of rotatable bonds is 1. The average molecular weight is 153 g/mol. The van der Waals surface area contributed by atoms with Crippen LogP contribution in [-0.4, -0.2) is 10.5 Å². The largest absolute Gasteiger partial charge is 0.392 e. The van der Waals surface area contributed by atoms with E-state index >= 15 is 0 Å². The molecular weight excluding hydrogens is 144 g/mol. The molecular formula is C4H9ClN2S. The van der Waals surface area contributed by atoms with Gasteiger partial charge in [0.15, 0.2) is 0 Å². The first kappa shape index (κ1) is 8.14. The third-order valence-electron chi connectivity index (χ3n) is 1.28. The van der Waals surface area contributed by atoms with Crippen molar-refractivity contribution in [3.63, 3.8) is 0 Å². The summed E-state index contributed by atoms with van der Waals surface area (Å²) in [7, 11) is 0. The average Bonchev–Trinajstić information content (AvgIpc) is 2.21. The van der Waals surface area contributed by atoms with E-state index in [1.807, 2.05) is 0 Å². The first-order valence-electron chi connectivity index (χ1n) is 2.24. The van der Waals surface area contributed by atoms with Gasteiger partial charge in [-0.15, -0.1) is 12.4 Å². The first-order chi connectivity index (χ1) is 3.15. The molecule has 1 saturated carbocycles. The second-order valence-electron chi connectivity index (χ2n) is 2.02. The van der Waals surface area contributed by atoms with Crippen LogP contribution < -0.4 is 11.5 Å². The highest BCUT2D eigenvalue weighted by atomic mass is 35.5. The summed E-state index contributed by atoms with van der Waals surface area (Å²) >= 11 is 4.65. The van der Waals surface area contributed by atoms with Gasteiger partial charge in [0, 0.05) is 0 Å². The lowest BCUT2D eigenvalue weighted by Gasteiger charge is -2.01. The lowest BCUT2D eigenvalue weighted by Crippen LogP contribution is -2.36. The van der Waals surface area contributed by atoms with Crippen LogP contribution in [0.2, 0.25) is 0 Å². The van der Waals surface area contributed by atoms with Crippen molar-refractivity contribution in [1.29, 1.82) is 0 Å². The molecule has 0 heterocycles. The molecule has 48 valence electrons. The normalized spacial score (nSPS) is 21.1. The van der Waals surface area contributed by atoms with Crippen LogP contribution in [0, 0.1) is 0 Å². The van der Waals surface area contributed by atoms with E-state index in [1.165, 1.54) is 0 Å². The summed E-state index contributed by atoms with van der Waals surface area (Å²) in [5.74, 6) is 0. The molecule has 0 spiro atoms. The molecule has 4 heteroatoms. The number of halogens is 1. The van der Waals surface area contributed by atoms with E-state index < -0.39 is 0 Å². The molecule has 1 aliphatic carbocycles. The first-order valence-corrected chi connectivity index (χ1v) is 2.65. The number of nitrogens with two attached hydrogens (primary N) is 2. The van der Waals surface area contributed by atoms with Gasteiger partial charge < -0.3 is 11.5 Å². The summed E-state index contributed by atoms with van der Waals surface area (Å²) in [6.07, 6.45) is 1.95. The standard InChI is InChI=1S/C4H8N2S.ClH/c5-3(7)4(6)1-2-4;/h1-2,6H2,(H2,5,7);1H. The number of hydrogen-bond acceptors (Lipinski definition) is 2. The Bertz CT molecular complexity index is 111. The quantitative estimate of drug-likeness (QED) is 0.528. The van der Waals surface area contributed by atoms with Gasteiger partial charge in [0.05, 0.1) is 10.5 Å². The van der Waals surface area contributed by atoms with Gasteiger partial charge in [0.1, 0.15) is 0 Å². The van der Waals surface area contributed by atoms with Crippen LogP contribution in [0.25, 0.3) is 0 Å². The third-order valence-corrected chi connectivity index (χ3v) is 1.69. The van der Waals surface area contributed by atoms with Crippen LogP contribution in [0.1, 0.15) is 12.8 Å². The van der Waals surface area contributed by atoms with Crippen molar-refractivity contribution in [3.8, 4) is 0 Å². The second-order valence-corrected chi connectivity index (χ2v) is 2.46. The summed E-state index contributed by atoms with van der Waals surface area (Å²) < 4.78 is 0. The molecule has 0 atom stereocenters. The molecule has 1 fully saturated rings. The molecule has 0 aromatic rings. The van der Waals surface area contributed by atoms with Crippen LogP contribution in [-0.2, 0) is 0 Å². The highest BCUT2D eigenvalue weighted by Crippen LogP contribution is 2.31. The molecule has 0 saturated heterocycles. The Labute approximate surface area is 60.0 Å². The Morgan fingerprint density at radius 3 is 1.88 bits per heavy atom. The summed E-state index contributed by atoms with van der Waals surface area (Å²) in [4.78, 5) is 0.465. The van der Waals surface area contributed by atoms with E-state index in [2.05, 4.69) is 12.2 Å². The maximum Gasteiger partial charge on any atom is 0.0929 e. The van der Waals surface area contributed by atoms with Gasteiger partial charge in [-0.2, -0.15) is 0 Å².